The van der Waals surface area contributed by atoms with Crippen LogP contribution in [0.4, 0.5) is 0 Å². The van der Waals surface area contributed by atoms with Crippen molar-refractivity contribution in [2.75, 3.05) is 5.75 Å². The van der Waals surface area contributed by atoms with Crippen LogP contribution in [-0.2, 0) is 11.2 Å². The number of aryl methyl sites for hydroxylation is 1. The van der Waals surface area contributed by atoms with Crippen LogP contribution in [-0.4, -0.2) is 22.4 Å². The third kappa shape index (κ3) is 3.97. The summed E-state index contributed by atoms with van der Waals surface area (Å²) in [7, 11) is 0. The number of carbonyl (C=O) groups excluding carboxylic acids is 1. The lowest BCUT2D eigenvalue weighted by Gasteiger charge is -2.07. The molecule has 0 radical (unpaired) electrons. The highest BCUT2D eigenvalue weighted by Gasteiger charge is 2.14. The van der Waals surface area contributed by atoms with E-state index in [1.165, 1.54) is 22.9 Å². The van der Waals surface area contributed by atoms with E-state index in [2.05, 4.69) is 33.7 Å². The molecular formula is C20H19N3OS2. The first-order chi connectivity index (χ1) is 12.8. The number of rotatable bonds is 4. The molecule has 1 N–H and O–H groups in total. The lowest BCUT2D eigenvalue weighted by Crippen LogP contribution is -2.22. The quantitative estimate of drug-likeness (QED) is 0.407. The molecule has 1 amide bonds. The van der Waals surface area contributed by atoms with E-state index in [1.807, 2.05) is 30.3 Å². The SMILES string of the molecule is O=C(CSc1nc2ccccc2s1)N/N=C1\CCCCc2ccccc21. The van der Waals surface area contributed by atoms with E-state index < -0.39 is 0 Å². The highest BCUT2D eigenvalue weighted by atomic mass is 32.2. The van der Waals surface area contributed by atoms with Crippen LogP contribution in [0.1, 0.15) is 30.4 Å². The van der Waals surface area contributed by atoms with Gasteiger partial charge in [0, 0.05) is 5.56 Å². The number of para-hydroxylation sites is 1. The zero-order valence-corrected chi connectivity index (χ0v) is 15.9. The van der Waals surface area contributed by atoms with Crippen molar-refractivity contribution < 1.29 is 4.79 Å². The maximum atomic E-state index is 12.2. The summed E-state index contributed by atoms with van der Waals surface area (Å²) in [5, 5.41) is 4.43. The van der Waals surface area contributed by atoms with Gasteiger partial charge in [0.2, 0.25) is 0 Å². The second kappa shape index (κ2) is 8.01. The van der Waals surface area contributed by atoms with Crippen molar-refractivity contribution in [3.8, 4) is 0 Å². The minimum atomic E-state index is -0.0940. The Morgan fingerprint density at radius 2 is 1.92 bits per heavy atom. The van der Waals surface area contributed by atoms with E-state index in [-0.39, 0.29) is 5.91 Å². The Labute approximate surface area is 160 Å². The van der Waals surface area contributed by atoms with E-state index in [0.29, 0.717) is 5.75 Å². The zero-order chi connectivity index (χ0) is 17.8. The molecule has 0 bridgehead atoms. The van der Waals surface area contributed by atoms with Crippen LogP contribution < -0.4 is 5.43 Å². The largest absolute Gasteiger partial charge is 0.272 e. The summed E-state index contributed by atoms with van der Waals surface area (Å²) in [6.07, 6.45) is 4.25. The van der Waals surface area contributed by atoms with Gasteiger partial charge in [0.15, 0.2) is 4.34 Å². The van der Waals surface area contributed by atoms with Crippen LogP contribution >= 0.6 is 23.1 Å². The lowest BCUT2D eigenvalue weighted by molar-refractivity contribution is -0.118. The Balaban J connectivity index is 1.39. The fourth-order valence-electron chi connectivity index (χ4n) is 3.08. The van der Waals surface area contributed by atoms with Crippen molar-refractivity contribution in [2.45, 2.75) is 30.0 Å². The molecule has 0 spiro atoms. The molecule has 1 aromatic heterocycles. The summed E-state index contributed by atoms with van der Waals surface area (Å²) in [5.41, 5.74) is 7.19. The molecule has 0 saturated heterocycles. The van der Waals surface area contributed by atoms with Crippen LogP contribution in [0.2, 0.25) is 0 Å². The van der Waals surface area contributed by atoms with Gasteiger partial charge in [0.1, 0.15) is 0 Å². The Morgan fingerprint density at radius 3 is 2.85 bits per heavy atom. The minimum Gasteiger partial charge on any atom is -0.272 e. The molecule has 132 valence electrons. The third-order valence-electron chi connectivity index (χ3n) is 4.35. The van der Waals surface area contributed by atoms with Gasteiger partial charge in [-0.2, -0.15) is 5.10 Å². The summed E-state index contributed by atoms with van der Waals surface area (Å²) in [6, 6.07) is 16.4. The van der Waals surface area contributed by atoms with Crippen LogP contribution in [0.25, 0.3) is 10.2 Å². The van der Waals surface area contributed by atoms with Gasteiger partial charge in [-0.15, -0.1) is 11.3 Å². The maximum absolute atomic E-state index is 12.2. The summed E-state index contributed by atoms with van der Waals surface area (Å²) in [6.45, 7) is 0. The number of fused-ring (bicyclic) bond motifs is 2. The Morgan fingerprint density at radius 1 is 1.12 bits per heavy atom. The molecule has 0 fully saturated rings. The highest BCUT2D eigenvalue weighted by Crippen LogP contribution is 2.29. The molecule has 2 aromatic carbocycles. The number of carbonyl (C=O) groups is 1. The number of nitrogens with one attached hydrogen (secondary N) is 1. The molecule has 0 atom stereocenters. The second-order valence-corrected chi connectivity index (χ2v) is 8.45. The number of benzene rings is 2. The molecule has 1 aliphatic rings. The van der Waals surface area contributed by atoms with E-state index in [1.54, 1.807) is 11.3 Å². The van der Waals surface area contributed by atoms with Gasteiger partial charge in [-0.25, -0.2) is 10.4 Å². The van der Waals surface area contributed by atoms with Gasteiger partial charge in [0.25, 0.3) is 5.91 Å². The standard InChI is InChI=1S/C20H19N3OS2/c24-19(13-25-20-21-17-11-5-6-12-18(17)26-20)23-22-16-10-4-2-8-14-7-1-3-9-15(14)16/h1,3,5-7,9,11-12H,2,4,8,10,13H2,(H,23,24)/b22-16+. The van der Waals surface area contributed by atoms with Crippen LogP contribution in [0.5, 0.6) is 0 Å². The number of thioether (sulfide) groups is 1. The summed E-state index contributed by atoms with van der Waals surface area (Å²) >= 11 is 3.07. The van der Waals surface area contributed by atoms with Crippen molar-refractivity contribution in [1.29, 1.82) is 0 Å². The molecule has 4 nitrogen and oxygen atoms in total. The van der Waals surface area contributed by atoms with Gasteiger partial charge in [0.05, 0.1) is 21.7 Å². The molecule has 26 heavy (non-hydrogen) atoms. The number of nitrogens with zero attached hydrogens (tertiary/aromatic N) is 2. The first kappa shape index (κ1) is 17.2. The van der Waals surface area contributed by atoms with Gasteiger partial charge < -0.3 is 0 Å². The molecule has 1 aliphatic carbocycles. The van der Waals surface area contributed by atoms with Crippen LogP contribution in [0.3, 0.4) is 0 Å². The smallest absolute Gasteiger partial charge is 0.250 e. The van der Waals surface area contributed by atoms with Gasteiger partial charge >= 0.3 is 0 Å². The molecule has 0 saturated carbocycles. The summed E-state index contributed by atoms with van der Waals surface area (Å²) in [4.78, 5) is 16.8. The Kier molecular flexibility index (Phi) is 5.32. The molecule has 6 heteroatoms. The molecule has 0 aliphatic heterocycles. The van der Waals surface area contributed by atoms with Crippen molar-refractivity contribution in [3.63, 3.8) is 0 Å². The number of hydrogen-bond donors (Lipinski definition) is 1. The fraction of sp³-hybridized carbons (Fsp3) is 0.250. The normalized spacial score (nSPS) is 15.6. The van der Waals surface area contributed by atoms with Crippen molar-refractivity contribution in [3.05, 3.63) is 59.7 Å². The maximum Gasteiger partial charge on any atom is 0.250 e. The first-order valence-corrected chi connectivity index (χ1v) is 10.5. The molecule has 0 unspecified atom stereocenters. The van der Waals surface area contributed by atoms with Gasteiger partial charge in [-0.3, -0.25) is 4.79 Å². The molecular weight excluding hydrogens is 362 g/mol. The Bertz CT molecular complexity index is 931. The molecule has 4 rings (SSSR count). The van der Waals surface area contributed by atoms with Crippen molar-refractivity contribution in [2.24, 2.45) is 5.10 Å². The lowest BCUT2D eigenvalue weighted by atomic mass is 10.0. The van der Waals surface area contributed by atoms with Crippen LogP contribution in [0.15, 0.2) is 58.0 Å². The fourth-order valence-corrected chi connectivity index (χ4v) is 4.94. The average Bonchev–Trinajstić information content (AvgIpc) is 2.98. The number of hydrazone groups is 1. The predicted molar refractivity (Wildman–Crippen MR) is 109 cm³/mol. The average molecular weight is 382 g/mol. The zero-order valence-electron chi connectivity index (χ0n) is 14.3. The van der Waals surface area contributed by atoms with Crippen molar-refractivity contribution in [1.82, 2.24) is 10.4 Å². The van der Waals surface area contributed by atoms with E-state index >= 15 is 0 Å². The predicted octanol–water partition coefficient (Wildman–Crippen LogP) is 4.64. The Hall–Kier alpha value is -2.18. The molecule has 3 aromatic rings. The number of aromatic nitrogens is 1. The van der Waals surface area contributed by atoms with Crippen molar-refractivity contribution >= 4 is 44.9 Å². The number of hydrogen-bond acceptors (Lipinski definition) is 5. The number of thiazole rings is 1. The van der Waals surface area contributed by atoms with E-state index in [0.717, 1.165) is 46.0 Å². The van der Waals surface area contributed by atoms with E-state index in [4.69, 9.17) is 0 Å². The second-order valence-electron chi connectivity index (χ2n) is 6.19. The minimum absolute atomic E-state index is 0.0940. The van der Waals surface area contributed by atoms with E-state index in [9.17, 15) is 4.79 Å². The van der Waals surface area contributed by atoms with Crippen LogP contribution in [0, 0.1) is 0 Å². The van der Waals surface area contributed by atoms with Gasteiger partial charge in [-0.1, -0.05) is 48.2 Å². The monoisotopic (exact) mass is 381 g/mol. The third-order valence-corrected chi connectivity index (χ3v) is 6.53. The molecule has 1 heterocycles. The number of amides is 1. The van der Waals surface area contributed by atoms with Gasteiger partial charge in [-0.05, 0) is 43.4 Å². The topological polar surface area (TPSA) is 54.4 Å². The first-order valence-electron chi connectivity index (χ1n) is 8.71. The highest BCUT2D eigenvalue weighted by molar-refractivity contribution is 8.01. The summed E-state index contributed by atoms with van der Waals surface area (Å²) < 4.78 is 2.06. The summed E-state index contributed by atoms with van der Waals surface area (Å²) in [5.74, 6) is 0.224.